The summed E-state index contributed by atoms with van der Waals surface area (Å²) in [6.45, 7) is 2.23. The number of urea groups is 1. The minimum Gasteiger partial charge on any atom is -0.388 e. The number of benzene rings is 1. The van der Waals surface area contributed by atoms with Crippen molar-refractivity contribution in [3.8, 4) is 5.69 Å². The van der Waals surface area contributed by atoms with Gasteiger partial charge in [-0.3, -0.25) is 0 Å². The Bertz CT molecular complexity index is 678. The molecule has 0 spiro atoms. The van der Waals surface area contributed by atoms with Gasteiger partial charge in [-0.15, -0.1) is 5.10 Å². The van der Waals surface area contributed by atoms with Crippen molar-refractivity contribution in [1.82, 2.24) is 25.6 Å². The van der Waals surface area contributed by atoms with E-state index in [9.17, 15) is 9.90 Å². The molecule has 1 aromatic carbocycles. The van der Waals surface area contributed by atoms with Gasteiger partial charge < -0.3 is 15.7 Å². The maximum atomic E-state index is 12.1. The van der Waals surface area contributed by atoms with Crippen molar-refractivity contribution in [2.75, 3.05) is 6.54 Å². The fourth-order valence-electron chi connectivity index (χ4n) is 3.22. The fraction of sp³-hybridized carbons (Fsp3) is 0.500. The lowest BCUT2D eigenvalue weighted by Crippen LogP contribution is -2.47. The first-order valence-electron chi connectivity index (χ1n) is 8.79. The van der Waals surface area contributed by atoms with E-state index in [1.165, 1.54) is 0 Å². The fourth-order valence-corrected chi connectivity index (χ4v) is 3.22. The summed E-state index contributed by atoms with van der Waals surface area (Å²) in [7, 11) is 0. The van der Waals surface area contributed by atoms with Crippen LogP contribution in [0, 0.1) is 0 Å². The monoisotopic (exact) mass is 343 g/mol. The van der Waals surface area contributed by atoms with Gasteiger partial charge in [-0.25, -0.2) is 9.48 Å². The molecule has 1 unspecified atom stereocenters. The number of aliphatic hydroxyl groups is 1. The van der Waals surface area contributed by atoms with Gasteiger partial charge in [-0.1, -0.05) is 36.6 Å². The van der Waals surface area contributed by atoms with Crippen LogP contribution < -0.4 is 10.6 Å². The van der Waals surface area contributed by atoms with Crippen LogP contribution in [-0.2, 0) is 0 Å². The number of carbonyl (C=O) groups is 1. The van der Waals surface area contributed by atoms with E-state index >= 15 is 0 Å². The van der Waals surface area contributed by atoms with E-state index in [0.29, 0.717) is 6.54 Å². The zero-order chi connectivity index (χ0) is 17.7. The summed E-state index contributed by atoms with van der Waals surface area (Å²) in [5.74, 6) is 0. The number of hydrogen-bond donors (Lipinski definition) is 3. The molecule has 3 rings (SSSR count). The van der Waals surface area contributed by atoms with Gasteiger partial charge in [0.1, 0.15) is 0 Å². The summed E-state index contributed by atoms with van der Waals surface area (Å²) >= 11 is 0. The molecule has 1 atom stereocenters. The Labute approximate surface area is 147 Å². The van der Waals surface area contributed by atoms with Crippen LogP contribution in [0.5, 0.6) is 0 Å². The summed E-state index contributed by atoms with van der Waals surface area (Å²) in [6.07, 6.45) is 8.13. The molecule has 0 bridgehead atoms. The van der Waals surface area contributed by atoms with Crippen LogP contribution in [0.4, 0.5) is 4.79 Å². The van der Waals surface area contributed by atoms with Gasteiger partial charge in [-0.05, 0) is 37.5 Å². The predicted molar refractivity (Wildman–Crippen MR) is 94.3 cm³/mol. The number of carbonyl (C=O) groups excluding carboxylic acids is 1. The second-order valence-corrected chi connectivity index (χ2v) is 6.77. The van der Waals surface area contributed by atoms with E-state index in [1.807, 2.05) is 31.2 Å². The van der Waals surface area contributed by atoms with E-state index in [1.54, 1.807) is 17.1 Å². The van der Waals surface area contributed by atoms with Crippen molar-refractivity contribution in [2.45, 2.75) is 50.7 Å². The molecule has 7 heteroatoms. The van der Waals surface area contributed by atoms with Gasteiger partial charge >= 0.3 is 6.03 Å². The molecule has 1 aliphatic rings. The SMILES string of the molecule is CC(NC(=O)NCC1(O)CCCCC1)c1ccc(-n2ccnn2)cc1. The summed E-state index contributed by atoms with van der Waals surface area (Å²) in [5, 5.41) is 23.9. The van der Waals surface area contributed by atoms with Crippen molar-refractivity contribution in [3.63, 3.8) is 0 Å². The molecule has 0 aliphatic heterocycles. The quantitative estimate of drug-likeness (QED) is 0.777. The smallest absolute Gasteiger partial charge is 0.315 e. The highest BCUT2D eigenvalue weighted by Crippen LogP contribution is 2.27. The van der Waals surface area contributed by atoms with E-state index in [0.717, 1.165) is 43.4 Å². The molecule has 2 aromatic rings. The summed E-state index contributed by atoms with van der Waals surface area (Å²) in [4.78, 5) is 12.1. The Kier molecular flexibility index (Phi) is 5.33. The normalized spacial score (nSPS) is 17.7. The molecule has 7 nitrogen and oxygen atoms in total. The molecule has 1 saturated carbocycles. The number of nitrogens with one attached hydrogen (secondary N) is 2. The third kappa shape index (κ3) is 4.57. The molecule has 2 amide bonds. The van der Waals surface area contributed by atoms with Gasteiger partial charge in [0, 0.05) is 6.54 Å². The van der Waals surface area contributed by atoms with Crippen molar-refractivity contribution in [3.05, 3.63) is 42.2 Å². The molecule has 1 aromatic heterocycles. The summed E-state index contributed by atoms with van der Waals surface area (Å²) in [5.41, 5.74) is 1.16. The Balaban J connectivity index is 1.51. The number of hydrogen-bond acceptors (Lipinski definition) is 4. The van der Waals surface area contributed by atoms with E-state index < -0.39 is 5.60 Å². The number of nitrogens with zero attached hydrogens (tertiary/aromatic N) is 3. The molecule has 1 heterocycles. The molecule has 134 valence electrons. The van der Waals surface area contributed by atoms with Crippen molar-refractivity contribution < 1.29 is 9.90 Å². The molecular formula is C18H25N5O2. The molecular weight excluding hydrogens is 318 g/mol. The van der Waals surface area contributed by atoms with Crippen LogP contribution in [-0.4, -0.2) is 38.3 Å². The average Bonchev–Trinajstić information content (AvgIpc) is 3.15. The highest BCUT2D eigenvalue weighted by Gasteiger charge is 2.29. The van der Waals surface area contributed by atoms with Crippen molar-refractivity contribution in [2.24, 2.45) is 0 Å². The highest BCUT2D eigenvalue weighted by atomic mass is 16.3. The lowest BCUT2D eigenvalue weighted by molar-refractivity contribution is 0.00714. The molecule has 0 saturated heterocycles. The van der Waals surface area contributed by atoms with E-state index in [4.69, 9.17) is 0 Å². The maximum Gasteiger partial charge on any atom is 0.315 e. The molecule has 1 fully saturated rings. The maximum absolute atomic E-state index is 12.1. The van der Waals surface area contributed by atoms with E-state index in [2.05, 4.69) is 20.9 Å². The van der Waals surface area contributed by atoms with Crippen LogP contribution >= 0.6 is 0 Å². The van der Waals surface area contributed by atoms with Crippen LogP contribution in [0.2, 0.25) is 0 Å². The number of rotatable bonds is 5. The Morgan fingerprint density at radius 1 is 1.28 bits per heavy atom. The highest BCUT2D eigenvalue weighted by molar-refractivity contribution is 5.74. The zero-order valence-corrected chi connectivity index (χ0v) is 14.5. The average molecular weight is 343 g/mol. The van der Waals surface area contributed by atoms with Crippen LogP contribution in [0.1, 0.15) is 50.6 Å². The van der Waals surface area contributed by atoms with Crippen LogP contribution in [0.25, 0.3) is 5.69 Å². The minimum atomic E-state index is -0.752. The second-order valence-electron chi connectivity index (χ2n) is 6.77. The third-order valence-electron chi connectivity index (χ3n) is 4.79. The van der Waals surface area contributed by atoms with Crippen LogP contribution in [0.3, 0.4) is 0 Å². The zero-order valence-electron chi connectivity index (χ0n) is 14.5. The Morgan fingerprint density at radius 3 is 2.64 bits per heavy atom. The topological polar surface area (TPSA) is 92.1 Å². The first kappa shape index (κ1) is 17.4. The lowest BCUT2D eigenvalue weighted by Gasteiger charge is -2.32. The van der Waals surface area contributed by atoms with Gasteiger partial charge in [0.05, 0.1) is 29.7 Å². The predicted octanol–water partition coefficient (Wildman–Crippen LogP) is 2.32. The Hall–Kier alpha value is -2.41. The van der Waals surface area contributed by atoms with Gasteiger partial charge in [0.2, 0.25) is 0 Å². The largest absolute Gasteiger partial charge is 0.388 e. The Morgan fingerprint density at radius 2 is 2.00 bits per heavy atom. The summed E-state index contributed by atoms with van der Waals surface area (Å²) in [6, 6.07) is 7.39. The van der Waals surface area contributed by atoms with E-state index in [-0.39, 0.29) is 12.1 Å². The first-order valence-corrected chi connectivity index (χ1v) is 8.79. The summed E-state index contributed by atoms with van der Waals surface area (Å²) < 4.78 is 1.68. The molecule has 3 N–H and O–H groups in total. The second kappa shape index (κ2) is 7.65. The first-order chi connectivity index (χ1) is 12.1. The standard InChI is InChI=1S/C18H25N5O2/c1-14(15-5-7-16(8-6-15)23-12-11-20-22-23)21-17(24)19-13-18(25)9-3-2-4-10-18/h5-8,11-12,14,25H,2-4,9-10,13H2,1H3,(H2,19,21,24). The minimum absolute atomic E-state index is 0.134. The third-order valence-corrected chi connectivity index (χ3v) is 4.79. The van der Waals surface area contributed by atoms with Gasteiger partial charge in [0.15, 0.2) is 0 Å². The molecule has 25 heavy (non-hydrogen) atoms. The van der Waals surface area contributed by atoms with Crippen molar-refractivity contribution in [1.29, 1.82) is 0 Å². The molecule has 1 aliphatic carbocycles. The number of amides is 2. The lowest BCUT2D eigenvalue weighted by atomic mass is 9.85. The number of aromatic nitrogens is 3. The molecule has 0 radical (unpaired) electrons. The van der Waals surface area contributed by atoms with Gasteiger partial charge in [-0.2, -0.15) is 0 Å². The van der Waals surface area contributed by atoms with Gasteiger partial charge in [0.25, 0.3) is 0 Å². The van der Waals surface area contributed by atoms with Crippen LogP contribution in [0.15, 0.2) is 36.7 Å². The van der Waals surface area contributed by atoms with Crippen molar-refractivity contribution >= 4 is 6.03 Å².